The highest BCUT2D eigenvalue weighted by Gasteiger charge is 2.26. The molecule has 3 aromatic rings. The summed E-state index contributed by atoms with van der Waals surface area (Å²) in [6.07, 6.45) is 1.26. The first-order valence-electron chi connectivity index (χ1n) is 8.70. The minimum absolute atomic E-state index is 0.110. The summed E-state index contributed by atoms with van der Waals surface area (Å²) in [5, 5.41) is 2.84. The lowest BCUT2D eigenvalue weighted by Crippen LogP contribution is -2.30. The summed E-state index contributed by atoms with van der Waals surface area (Å²) < 4.78 is 5.72. The number of aryl methyl sites for hydroxylation is 1. The highest BCUT2D eigenvalue weighted by atomic mass is 32.1. The third kappa shape index (κ3) is 3.48. The molecule has 0 radical (unpaired) electrons. The van der Waals surface area contributed by atoms with Crippen LogP contribution in [0.3, 0.4) is 0 Å². The lowest BCUT2D eigenvalue weighted by molar-refractivity contribution is -0.117. The van der Waals surface area contributed by atoms with Gasteiger partial charge < -0.3 is 9.64 Å². The maximum absolute atomic E-state index is 12.8. The van der Waals surface area contributed by atoms with Gasteiger partial charge in [0.15, 0.2) is 0 Å². The van der Waals surface area contributed by atoms with Gasteiger partial charge in [0, 0.05) is 17.6 Å². The molecule has 1 aliphatic heterocycles. The topological polar surface area (TPSA) is 42.4 Å². The summed E-state index contributed by atoms with van der Waals surface area (Å²) in [7, 11) is 0. The molecule has 4 rings (SSSR count). The highest BCUT2D eigenvalue weighted by molar-refractivity contribution is 7.09. The lowest BCUT2D eigenvalue weighted by Gasteiger charge is -2.18. The first kappa shape index (κ1) is 16.8. The fourth-order valence-corrected chi connectivity index (χ4v) is 4.01. The minimum atomic E-state index is 0.110. The van der Waals surface area contributed by atoms with E-state index in [1.807, 2.05) is 40.6 Å². The van der Waals surface area contributed by atoms with Crippen LogP contribution >= 0.6 is 11.3 Å². The molecule has 0 bridgehead atoms. The Morgan fingerprint density at radius 2 is 2.04 bits per heavy atom. The fraction of sp³-hybridized carbons (Fsp3) is 0.238. The van der Waals surface area contributed by atoms with E-state index in [4.69, 9.17) is 4.74 Å². The molecule has 0 saturated heterocycles. The van der Waals surface area contributed by atoms with Crippen molar-refractivity contribution >= 4 is 22.9 Å². The van der Waals surface area contributed by atoms with Crippen LogP contribution in [0, 0.1) is 6.92 Å². The number of benzene rings is 2. The number of carbonyl (C=O) groups is 1. The molecule has 1 aromatic heterocycles. The monoisotopic (exact) mass is 364 g/mol. The molecule has 132 valence electrons. The number of ether oxygens (including phenoxy) is 1. The van der Waals surface area contributed by atoms with Gasteiger partial charge in [0.2, 0.25) is 5.91 Å². The highest BCUT2D eigenvalue weighted by Crippen LogP contribution is 2.31. The third-order valence-electron chi connectivity index (χ3n) is 4.53. The zero-order chi connectivity index (χ0) is 17.9. The van der Waals surface area contributed by atoms with Crippen molar-refractivity contribution in [2.45, 2.75) is 26.4 Å². The zero-order valence-corrected chi connectivity index (χ0v) is 15.5. The van der Waals surface area contributed by atoms with E-state index in [2.05, 4.69) is 30.1 Å². The van der Waals surface area contributed by atoms with E-state index in [1.54, 1.807) is 0 Å². The van der Waals surface area contributed by atoms with E-state index >= 15 is 0 Å². The van der Waals surface area contributed by atoms with Crippen LogP contribution < -0.4 is 9.64 Å². The molecule has 26 heavy (non-hydrogen) atoms. The van der Waals surface area contributed by atoms with E-state index in [9.17, 15) is 4.79 Å². The number of carbonyl (C=O) groups excluding carboxylic acids is 1. The Hall–Kier alpha value is -2.66. The lowest BCUT2D eigenvalue weighted by atomic mass is 10.1. The Labute approximate surface area is 157 Å². The number of fused-ring (bicyclic) bond motifs is 1. The molecule has 0 N–H and O–H groups in total. The number of para-hydroxylation sites is 2. The van der Waals surface area contributed by atoms with Gasteiger partial charge in [0.05, 0.1) is 12.1 Å². The van der Waals surface area contributed by atoms with Crippen molar-refractivity contribution < 1.29 is 9.53 Å². The van der Waals surface area contributed by atoms with E-state index < -0.39 is 0 Å². The second-order valence-corrected chi connectivity index (χ2v) is 7.33. The average molecular weight is 364 g/mol. The van der Waals surface area contributed by atoms with Crippen molar-refractivity contribution in [3.05, 3.63) is 75.7 Å². The van der Waals surface area contributed by atoms with Crippen LogP contribution in [-0.2, 0) is 24.2 Å². The Balaban J connectivity index is 1.40. The average Bonchev–Trinajstić information content (AvgIpc) is 3.28. The van der Waals surface area contributed by atoms with Crippen molar-refractivity contribution in [1.29, 1.82) is 0 Å². The van der Waals surface area contributed by atoms with Gasteiger partial charge in [0.25, 0.3) is 0 Å². The van der Waals surface area contributed by atoms with Crippen molar-refractivity contribution in [2.24, 2.45) is 0 Å². The number of amides is 1. The molecule has 5 heteroatoms. The minimum Gasteiger partial charge on any atom is -0.486 e. The maximum Gasteiger partial charge on any atom is 0.233 e. The number of anilines is 1. The Bertz CT molecular complexity index is 921. The molecule has 4 nitrogen and oxygen atoms in total. The first-order chi connectivity index (χ1) is 12.7. The van der Waals surface area contributed by atoms with Gasteiger partial charge in [-0.3, -0.25) is 4.79 Å². The van der Waals surface area contributed by atoms with Crippen LogP contribution in [0.4, 0.5) is 5.69 Å². The SMILES string of the molecule is Cc1cccc2c1N(C(=O)Cc1csc(COc3ccccc3)n1)CC2. The Morgan fingerprint density at radius 1 is 1.19 bits per heavy atom. The summed E-state index contributed by atoms with van der Waals surface area (Å²) in [4.78, 5) is 19.2. The molecule has 2 heterocycles. The molecule has 0 saturated carbocycles. The zero-order valence-electron chi connectivity index (χ0n) is 14.6. The van der Waals surface area contributed by atoms with Crippen LogP contribution in [0.25, 0.3) is 0 Å². The van der Waals surface area contributed by atoms with Crippen molar-refractivity contribution in [1.82, 2.24) is 4.98 Å². The number of rotatable bonds is 5. The molecule has 0 unspecified atom stereocenters. The van der Waals surface area contributed by atoms with Crippen molar-refractivity contribution in [3.63, 3.8) is 0 Å². The first-order valence-corrected chi connectivity index (χ1v) is 9.58. The van der Waals surface area contributed by atoms with Gasteiger partial charge in [-0.2, -0.15) is 0 Å². The molecule has 0 fully saturated rings. The van der Waals surface area contributed by atoms with Crippen LogP contribution in [0.1, 0.15) is 21.8 Å². The molecule has 0 atom stereocenters. The third-order valence-corrected chi connectivity index (χ3v) is 5.41. The number of nitrogens with zero attached hydrogens (tertiary/aromatic N) is 2. The van der Waals surface area contributed by atoms with Gasteiger partial charge in [-0.25, -0.2) is 4.98 Å². The fourth-order valence-electron chi connectivity index (χ4n) is 3.31. The molecular weight excluding hydrogens is 344 g/mol. The summed E-state index contributed by atoms with van der Waals surface area (Å²) >= 11 is 1.54. The second kappa shape index (κ2) is 7.30. The molecule has 1 aliphatic rings. The van der Waals surface area contributed by atoms with Gasteiger partial charge in [0.1, 0.15) is 17.4 Å². The molecule has 1 amide bonds. The van der Waals surface area contributed by atoms with E-state index in [0.717, 1.165) is 40.7 Å². The summed E-state index contributed by atoms with van der Waals surface area (Å²) in [5.74, 6) is 0.934. The summed E-state index contributed by atoms with van der Waals surface area (Å²) in [6, 6.07) is 15.9. The van der Waals surface area contributed by atoms with E-state index in [0.29, 0.717) is 13.0 Å². The molecule has 2 aromatic carbocycles. The van der Waals surface area contributed by atoms with Gasteiger partial charge in [-0.1, -0.05) is 36.4 Å². The number of hydrogen-bond acceptors (Lipinski definition) is 4. The van der Waals surface area contributed by atoms with Crippen LogP contribution in [0.15, 0.2) is 53.9 Å². The van der Waals surface area contributed by atoms with Crippen molar-refractivity contribution in [2.75, 3.05) is 11.4 Å². The van der Waals surface area contributed by atoms with Gasteiger partial charge in [-0.15, -0.1) is 11.3 Å². The predicted molar refractivity (Wildman–Crippen MR) is 104 cm³/mol. The van der Waals surface area contributed by atoms with E-state index in [1.165, 1.54) is 16.9 Å². The predicted octanol–water partition coefficient (Wildman–Crippen LogP) is 4.16. The van der Waals surface area contributed by atoms with Crippen molar-refractivity contribution in [3.8, 4) is 5.75 Å². The number of thiazole rings is 1. The summed E-state index contributed by atoms with van der Waals surface area (Å²) in [6.45, 7) is 3.24. The number of hydrogen-bond donors (Lipinski definition) is 0. The van der Waals surface area contributed by atoms with Crippen LogP contribution in [0.5, 0.6) is 5.75 Å². The normalized spacial score (nSPS) is 12.9. The molecule has 0 aliphatic carbocycles. The Morgan fingerprint density at radius 3 is 2.88 bits per heavy atom. The quantitative estimate of drug-likeness (QED) is 0.683. The number of aromatic nitrogens is 1. The Kier molecular flexibility index (Phi) is 4.71. The smallest absolute Gasteiger partial charge is 0.233 e. The van der Waals surface area contributed by atoms with Crippen LogP contribution in [-0.4, -0.2) is 17.4 Å². The van der Waals surface area contributed by atoms with E-state index in [-0.39, 0.29) is 5.91 Å². The second-order valence-electron chi connectivity index (χ2n) is 6.39. The van der Waals surface area contributed by atoms with Gasteiger partial charge in [-0.05, 0) is 36.6 Å². The van der Waals surface area contributed by atoms with Crippen LogP contribution in [0.2, 0.25) is 0 Å². The molecular formula is C21H20N2O2S. The maximum atomic E-state index is 12.8. The largest absolute Gasteiger partial charge is 0.486 e. The molecule has 0 spiro atoms. The van der Waals surface area contributed by atoms with Gasteiger partial charge >= 0.3 is 0 Å². The standard InChI is InChI=1S/C21H20N2O2S/c1-15-6-5-7-16-10-11-23(21(15)16)20(24)12-17-14-26-19(22-17)13-25-18-8-3-2-4-9-18/h2-9,14H,10-13H2,1H3. The summed E-state index contributed by atoms with van der Waals surface area (Å²) in [5.41, 5.74) is 4.31.